The van der Waals surface area contributed by atoms with Crippen LogP contribution in [-0.4, -0.2) is 31.6 Å². The standard InChI is InChI=1S/C11H19BrN2S/c1-9(4-5-14(2)3)13-7-11-6-10(12)8-15-11/h6,8-9,13H,4-5,7H2,1-3H3. The summed E-state index contributed by atoms with van der Waals surface area (Å²) < 4.78 is 1.19. The van der Waals surface area contributed by atoms with Gasteiger partial charge in [-0.15, -0.1) is 11.3 Å². The second-order valence-electron chi connectivity index (χ2n) is 4.11. The zero-order valence-electron chi connectivity index (χ0n) is 9.59. The van der Waals surface area contributed by atoms with E-state index in [1.165, 1.54) is 15.8 Å². The zero-order chi connectivity index (χ0) is 11.3. The molecule has 0 saturated carbocycles. The van der Waals surface area contributed by atoms with Crippen molar-refractivity contribution in [2.24, 2.45) is 0 Å². The second kappa shape index (κ2) is 6.63. The third-order valence-electron chi connectivity index (χ3n) is 2.26. The molecular formula is C11H19BrN2S. The lowest BCUT2D eigenvalue weighted by Crippen LogP contribution is -2.29. The van der Waals surface area contributed by atoms with Gasteiger partial charge in [0, 0.05) is 27.3 Å². The first-order valence-corrected chi connectivity index (χ1v) is 6.86. The Morgan fingerprint density at radius 1 is 1.53 bits per heavy atom. The molecule has 4 heteroatoms. The van der Waals surface area contributed by atoms with Gasteiger partial charge in [0.25, 0.3) is 0 Å². The molecule has 1 N–H and O–H groups in total. The van der Waals surface area contributed by atoms with Crippen molar-refractivity contribution < 1.29 is 0 Å². The van der Waals surface area contributed by atoms with Gasteiger partial charge in [0.2, 0.25) is 0 Å². The molecule has 0 fully saturated rings. The Hall–Kier alpha value is 0.1000. The highest BCUT2D eigenvalue weighted by molar-refractivity contribution is 9.10. The van der Waals surface area contributed by atoms with Gasteiger partial charge in [-0.1, -0.05) is 0 Å². The summed E-state index contributed by atoms with van der Waals surface area (Å²) in [4.78, 5) is 3.61. The molecule has 0 aromatic carbocycles. The molecule has 0 aliphatic carbocycles. The van der Waals surface area contributed by atoms with Gasteiger partial charge in [0.1, 0.15) is 0 Å². The fraction of sp³-hybridized carbons (Fsp3) is 0.636. The van der Waals surface area contributed by atoms with Gasteiger partial charge in [0.05, 0.1) is 0 Å². The average molecular weight is 291 g/mol. The topological polar surface area (TPSA) is 15.3 Å². The quantitative estimate of drug-likeness (QED) is 0.867. The smallest absolute Gasteiger partial charge is 0.0302 e. The molecule has 2 nitrogen and oxygen atoms in total. The third-order valence-corrected chi connectivity index (χ3v) is 3.95. The fourth-order valence-corrected chi connectivity index (χ4v) is 2.68. The molecule has 1 rings (SSSR count). The van der Waals surface area contributed by atoms with Crippen LogP contribution in [0.15, 0.2) is 15.9 Å². The second-order valence-corrected chi connectivity index (χ2v) is 6.02. The fourth-order valence-electron chi connectivity index (χ4n) is 1.28. The van der Waals surface area contributed by atoms with E-state index in [-0.39, 0.29) is 0 Å². The number of rotatable bonds is 6. The van der Waals surface area contributed by atoms with Gasteiger partial charge in [-0.25, -0.2) is 0 Å². The number of thiophene rings is 1. The van der Waals surface area contributed by atoms with Crippen molar-refractivity contribution in [3.8, 4) is 0 Å². The first-order chi connectivity index (χ1) is 7.08. The van der Waals surface area contributed by atoms with Crippen LogP contribution in [0, 0.1) is 0 Å². The molecule has 1 aromatic heterocycles. The molecular weight excluding hydrogens is 272 g/mol. The molecule has 1 atom stereocenters. The summed E-state index contributed by atoms with van der Waals surface area (Å²) in [7, 11) is 4.23. The third kappa shape index (κ3) is 5.66. The molecule has 15 heavy (non-hydrogen) atoms. The number of hydrogen-bond acceptors (Lipinski definition) is 3. The molecule has 0 amide bonds. The van der Waals surface area contributed by atoms with Crippen LogP contribution < -0.4 is 5.32 Å². The van der Waals surface area contributed by atoms with Gasteiger partial charge in [-0.05, 0) is 56.0 Å². The molecule has 86 valence electrons. The SMILES string of the molecule is CC(CCN(C)C)NCc1cc(Br)cs1. The van der Waals surface area contributed by atoms with E-state index in [0.29, 0.717) is 6.04 Å². The minimum Gasteiger partial charge on any atom is -0.309 e. The Bertz CT molecular complexity index is 286. The van der Waals surface area contributed by atoms with E-state index < -0.39 is 0 Å². The van der Waals surface area contributed by atoms with Crippen molar-refractivity contribution in [1.82, 2.24) is 10.2 Å². The molecule has 0 aliphatic rings. The maximum Gasteiger partial charge on any atom is 0.0302 e. The van der Waals surface area contributed by atoms with Gasteiger partial charge < -0.3 is 10.2 Å². The van der Waals surface area contributed by atoms with Crippen LogP contribution in [0.5, 0.6) is 0 Å². The van der Waals surface area contributed by atoms with Crippen LogP contribution in [0.4, 0.5) is 0 Å². The summed E-state index contributed by atoms with van der Waals surface area (Å²) in [6.07, 6.45) is 1.19. The highest BCUT2D eigenvalue weighted by Gasteiger charge is 2.03. The van der Waals surface area contributed by atoms with Crippen molar-refractivity contribution in [3.05, 3.63) is 20.8 Å². The number of nitrogens with zero attached hydrogens (tertiary/aromatic N) is 1. The lowest BCUT2D eigenvalue weighted by molar-refractivity contribution is 0.366. The Labute approximate surface area is 105 Å². The van der Waals surface area contributed by atoms with Gasteiger partial charge >= 0.3 is 0 Å². The molecule has 0 radical (unpaired) electrons. The van der Waals surface area contributed by atoms with E-state index in [0.717, 1.165) is 13.1 Å². The predicted octanol–water partition coefficient (Wildman–Crippen LogP) is 2.94. The highest BCUT2D eigenvalue weighted by Crippen LogP contribution is 2.19. The van der Waals surface area contributed by atoms with Crippen molar-refractivity contribution >= 4 is 27.3 Å². The average Bonchev–Trinajstić information content (AvgIpc) is 2.58. The van der Waals surface area contributed by atoms with Crippen molar-refractivity contribution in [2.75, 3.05) is 20.6 Å². The van der Waals surface area contributed by atoms with E-state index in [1.807, 2.05) is 0 Å². The Morgan fingerprint density at radius 3 is 2.80 bits per heavy atom. The van der Waals surface area contributed by atoms with Crippen LogP contribution in [0.1, 0.15) is 18.2 Å². The molecule has 0 saturated heterocycles. The number of hydrogen-bond donors (Lipinski definition) is 1. The highest BCUT2D eigenvalue weighted by atomic mass is 79.9. The predicted molar refractivity (Wildman–Crippen MR) is 71.5 cm³/mol. The number of nitrogens with one attached hydrogen (secondary N) is 1. The summed E-state index contributed by atoms with van der Waals surface area (Å²) in [6, 6.07) is 2.75. The molecule has 1 heterocycles. The maximum atomic E-state index is 3.53. The zero-order valence-corrected chi connectivity index (χ0v) is 12.0. The normalized spacial score (nSPS) is 13.4. The van der Waals surface area contributed by atoms with Gasteiger partial charge in [0.15, 0.2) is 0 Å². The summed E-state index contributed by atoms with van der Waals surface area (Å²) in [5.74, 6) is 0. The van der Waals surface area contributed by atoms with E-state index in [4.69, 9.17) is 0 Å². The molecule has 1 unspecified atom stereocenters. The molecule has 0 bridgehead atoms. The summed E-state index contributed by atoms with van der Waals surface area (Å²) >= 11 is 5.26. The monoisotopic (exact) mass is 290 g/mol. The Kier molecular flexibility index (Phi) is 5.82. The van der Waals surface area contributed by atoms with E-state index in [2.05, 4.69) is 58.6 Å². The first kappa shape index (κ1) is 13.2. The summed E-state index contributed by atoms with van der Waals surface area (Å²) in [6.45, 7) is 4.36. The Balaban J connectivity index is 2.19. The molecule has 1 aromatic rings. The lowest BCUT2D eigenvalue weighted by Gasteiger charge is -2.16. The largest absolute Gasteiger partial charge is 0.309 e. The molecule has 0 spiro atoms. The van der Waals surface area contributed by atoms with Crippen molar-refractivity contribution in [1.29, 1.82) is 0 Å². The van der Waals surface area contributed by atoms with Crippen molar-refractivity contribution in [2.45, 2.75) is 25.9 Å². The summed E-state index contributed by atoms with van der Waals surface area (Å²) in [5, 5.41) is 5.66. The minimum atomic E-state index is 0.577. The van der Waals surface area contributed by atoms with Gasteiger partial charge in [-0.3, -0.25) is 0 Å². The lowest BCUT2D eigenvalue weighted by atomic mass is 10.2. The number of halogens is 1. The van der Waals surface area contributed by atoms with Crippen molar-refractivity contribution in [3.63, 3.8) is 0 Å². The Morgan fingerprint density at radius 2 is 2.27 bits per heavy atom. The van der Waals surface area contributed by atoms with E-state index in [9.17, 15) is 0 Å². The minimum absolute atomic E-state index is 0.577. The molecule has 0 aliphatic heterocycles. The maximum absolute atomic E-state index is 3.53. The van der Waals surface area contributed by atoms with E-state index in [1.54, 1.807) is 11.3 Å². The summed E-state index contributed by atoms with van der Waals surface area (Å²) in [5.41, 5.74) is 0. The van der Waals surface area contributed by atoms with Crippen LogP contribution in [-0.2, 0) is 6.54 Å². The van der Waals surface area contributed by atoms with Crippen LogP contribution in [0.3, 0.4) is 0 Å². The first-order valence-electron chi connectivity index (χ1n) is 5.19. The van der Waals surface area contributed by atoms with Gasteiger partial charge in [-0.2, -0.15) is 0 Å². The van der Waals surface area contributed by atoms with E-state index >= 15 is 0 Å². The van der Waals surface area contributed by atoms with Crippen LogP contribution in [0.25, 0.3) is 0 Å². The van der Waals surface area contributed by atoms with Crippen LogP contribution in [0.2, 0.25) is 0 Å². The van der Waals surface area contributed by atoms with Crippen LogP contribution >= 0.6 is 27.3 Å².